The van der Waals surface area contributed by atoms with Gasteiger partial charge in [0.15, 0.2) is 5.58 Å². The average Bonchev–Trinajstić information content (AvgIpc) is 3.42. The second-order valence-electron chi connectivity index (χ2n) is 9.28. The lowest BCUT2D eigenvalue weighted by Gasteiger charge is -2.14. The first-order valence-electron chi connectivity index (χ1n) is 11.9. The summed E-state index contributed by atoms with van der Waals surface area (Å²) in [6.45, 7) is 0. The van der Waals surface area contributed by atoms with Crippen molar-refractivity contribution in [3.05, 3.63) is 108 Å². The minimum absolute atomic E-state index is 0.932. The molecule has 0 radical (unpaired) electrons. The molecule has 160 valence electrons. The third-order valence-corrected chi connectivity index (χ3v) is 7.42. The van der Waals surface area contributed by atoms with Gasteiger partial charge in [-0.25, -0.2) is 0 Å². The first-order chi connectivity index (χ1) is 16.9. The summed E-state index contributed by atoms with van der Waals surface area (Å²) in [5.41, 5.74) is 8.22. The number of para-hydroxylation sites is 1. The molecule has 0 atom stereocenters. The number of aryl methyl sites for hydroxylation is 1. The van der Waals surface area contributed by atoms with Gasteiger partial charge in [-0.15, -0.1) is 0 Å². The maximum Gasteiger partial charge on any atom is 0.160 e. The van der Waals surface area contributed by atoms with E-state index in [0.29, 0.717) is 0 Å². The fourth-order valence-electron chi connectivity index (χ4n) is 5.86. The van der Waals surface area contributed by atoms with E-state index in [1.165, 1.54) is 43.9 Å². The number of hydrogen-bond acceptors (Lipinski definition) is 1. The molecule has 0 spiro atoms. The van der Waals surface area contributed by atoms with E-state index in [4.69, 9.17) is 4.42 Å². The Morgan fingerprint density at radius 2 is 1.50 bits per heavy atom. The van der Waals surface area contributed by atoms with Crippen molar-refractivity contribution in [2.24, 2.45) is 0 Å². The van der Waals surface area contributed by atoms with Crippen molar-refractivity contribution in [3.63, 3.8) is 0 Å². The molecule has 2 nitrogen and oxygen atoms in total. The molecule has 0 amide bonds. The van der Waals surface area contributed by atoms with Crippen LogP contribution in [0.4, 0.5) is 0 Å². The number of furan rings is 1. The Morgan fingerprint density at radius 3 is 2.47 bits per heavy atom. The molecule has 34 heavy (non-hydrogen) atoms. The van der Waals surface area contributed by atoms with E-state index in [1.54, 1.807) is 0 Å². The molecule has 8 rings (SSSR count). The van der Waals surface area contributed by atoms with Gasteiger partial charge in [0.1, 0.15) is 5.58 Å². The zero-order valence-corrected chi connectivity index (χ0v) is 18.6. The second-order valence-corrected chi connectivity index (χ2v) is 9.28. The lowest BCUT2D eigenvalue weighted by Crippen LogP contribution is -1.98. The van der Waals surface area contributed by atoms with E-state index >= 15 is 0 Å². The molecule has 1 aliphatic carbocycles. The van der Waals surface area contributed by atoms with E-state index in [2.05, 4.69) is 102 Å². The van der Waals surface area contributed by atoms with Gasteiger partial charge in [-0.3, -0.25) is 0 Å². The maximum atomic E-state index is 6.56. The molecule has 0 aliphatic heterocycles. The molecule has 0 bridgehead atoms. The van der Waals surface area contributed by atoms with Gasteiger partial charge in [0.05, 0.1) is 16.7 Å². The normalized spacial score (nSPS) is 13.5. The molecule has 0 N–H and O–H groups in total. The second kappa shape index (κ2) is 6.61. The summed E-state index contributed by atoms with van der Waals surface area (Å²) in [6.07, 6.45) is 6.74. The van der Waals surface area contributed by atoms with Crippen LogP contribution in [0.2, 0.25) is 0 Å². The van der Waals surface area contributed by atoms with Gasteiger partial charge in [0, 0.05) is 26.9 Å². The highest BCUT2D eigenvalue weighted by atomic mass is 16.3. The Bertz CT molecular complexity index is 1960. The number of aromatic nitrogens is 1. The van der Waals surface area contributed by atoms with Gasteiger partial charge < -0.3 is 8.98 Å². The third kappa shape index (κ3) is 2.35. The van der Waals surface area contributed by atoms with E-state index < -0.39 is 0 Å². The minimum atomic E-state index is 0.932. The molecule has 7 aromatic rings. The highest BCUT2D eigenvalue weighted by molar-refractivity contribution is 6.22. The molecule has 2 heterocycles. The van der Waals surface area contributed by atoms with Crippen LogP contribution >= 0.6 is 0 Å². The standard InChI is InChI=1S/C32H21NO/c1-2-10-22-19-29-27(18-21(22)9-1)25-16-17-26-24-13-5-6-15-30(24)34-32(26)31(25)33(29)28-14-7-11-20-8-3-4-12-23(20)28/h1,3-9,11-19H,2,10H2. The predicted molar refractivity (Wildman–Crippen MR) is 143 cm³/mol. The van der Waals surface area contributed by atoms with Crippen LogP contribution in [0.3, 0.4) is 0 Å². The quantitative estimate of drug-likeness (QED) is 0.252. The molecule has 2 heteroatoms. The Hall–Kier alpha value is -4.30. The highest BCUT2D eigenvalue weighted by Gasteiger charge is 2.21. The number of fused-ring (bicyclic) bond motifs is 9. The van der Waals surface area contributed by atoms with Gasteiger partial charge >= 0.3 is 0 Å². The first-order valence-corrected chi connectivity index (χ1v) is 11.9. The Labute approximate surface area is 196 Å². The molecule has 0 saturated heterocycles. The van der Waals surface area contributed by atoms with Crippen molar-refractivity contribution in [2.45, 2.75) is 12.8 Å². The molecule has 0 saturated carbocycles. The summed E-state index contributed by atoms with van der Waals surface area (Å²) in [6, 6.07) is 32.9. The van der Waals surface area contributed by atoms with E-state index in [0.717, 1.165) is 40.3 Å². The summed E-state index contributed by atoms with van der Waals surface area (Å²) < 4.78 is 9.00. The number of allylic oxidation sites excluding steroid dienone is 1. The van der Waals surface area contributed by atoms with Gasteiger partial charge in [-0.2, -0.15) is 0 Å². The number of nitrogens with zero attached hydrogens (tertiary/aromatic N) is 1. The van der Waals surface area contributed by atoms with Crippen molar-refractivity contribution in [1.82, 2.24) is 4.57 Å². The first kappa shape index (κ1) is 18.2. The molecule has 5 aromatic carbocycles. The fraction of sp³-hybridized carbons (Fsp3) is 0.0625. The minimum Gasteiger partial charge on any atom is -0.454 e. The Morgan fingerprint density at radius 1 is 0.676 bits per heavy atom. The summed E-state index contributed by atoms with van der Waals surface area (Å²) in [4.78, 5) is 0. The van der Waals surface area contributed by atoms with E-state index in [9.17, 15) is 0 Å². The summed E-state index contributed by atoms with van der Waals surface area (Å²) in [7, 11) is 0. The average molecular weight is 436 g/mol. The van der Waals surface area contributed by atoms with Gasteiger partial charge in [-0.1, -0.05) is 72.8 Å². The smallest absolute Gasteiger partial charge is 0.160 e. The molecule has 1 aliphatic rings. The van der Waals surface area contributed by atoms with Crippen LogP contribution in [0.1, 0.15) is 17.5 Å². The monoisotopic (exact) mass is 435 g/mol. The summed E-state index contributed by atoms with van der Waals surface area (Å²) in [5, 5.41) is 7.32. The van der Waals surface area contributed by atoms with Gasteiger partial charge in [0.2, 0.25) is 0 Å². The van der Waals surface area contributed by atoms with Gasteiger partial charge in [0.25, 0.3) is 0 Å². The fourth-order valence-corrected chi connectivity index (χ4v) is 5.86. The van der Waals surface area contributed by atoms with Gasteiger partial charge in [-0.05, 0) is 59.7 Å². The van der Waals surface area contributed by atoms with Crippen LogP contribution in [0, 0.1) is 0 Å². The zero-order chi connectivity index (χ0) is 22.2. The molecule has 2 aromatic heterocycles. The molecular weight excluding hydrogens is 414 g/mol. The lowest BCUT2D eigenvalue weighted by atomic mass is 9.95. The Kier molecular flexibility index (Phi) is 3.53. The van der Waals surface area contributed by atoms with Crippen molar-refractivity contribution in [1.29, 1.82) is 0 Å². The van der Waals surface area contributed by atoms with Crippen LogP contribution in [0.15, 0.2) is 101 Å². The maximum absolute atomic E-state index is 6.56. The third-order valence-electron chi connectivity index (χ3n) is 7.42. The predicted octanol–water partition coefficient (Wildman–Crippen LogP) is 8.80. The van der Waals surface area contributed by atoms with E-state index in [1.807, 2.05) is 6.07 Å². The summed E-state index contributed by atoms with van der Waals surface area (Å²) in [5.74, 6) is 0. The van der Waals surface area contributed by atoms with Crippen LogP contribution in [0.5, 0.6) is 0 Å². The van der Waals surface area contributed by atoms with Crippen molar-refractivity contribution < 1.29 is 4.42 Å². The van der Waals surface area contributed by atoms with Crippen molar-refractivity contribution >= 4 is 60.6 Å². The van der Waals surface area contributed by atoms with E-state index in [-0.39, 0.29) is 0 Å². The zero-order valence-electron chi connectivity index (χ0n) is 18.6. The molecule has 0 fully saturated rings. The van der Waals surface area contributed by atoms with Crippen LogP contribution in [-0.4, -0.2) is 4.57 Å². The molecule has 0 unspecified atom stereocenters. The molecular formula is C32H21NO. The highest BCUT2D eigenvalue weighted by Crippen LogP contribution is 2.42. The number of rotatable bonds is 1. The number of hydrogen-bond donors (Lipinski definition) is 0. The van der Waals surface area contributed by atoms with Crippen molar-refractivity contribution in [2.75, 3.05) is 0 Å². The Balaban J connectivity index is 1.64. The number of benzene rings is 5. The van der Waals surface area contributed by atoms with Crippen LogP contribution in [0.25, 0.3) is 66.3 Å². The van der Waals surface area contributed by atoms with Crippen molar-refractivity contribution in [3.8, 4) is 5.69 Å². The SMILES string of the molecule is C1=Cc2cc3c4ccc5c6ccccc6oc5c4n(-c4cccc5ccccc45)c3cc2CC1. The lowest BCUT2D eigenvalue weighted by molar-refractivity contribution is 0.671. The van der Waals surface area contributed by atoms with Crippen LogP contribution < -0.4 is 0 Å². The largest absolute Gasteiger partial charge is 0.454 e. The topological polar surface area (TPSA) is 18.1 Å². The van der Waals surface area contributed by atoms with Crippen LogP contribution in [-0.2, 0) is 6.42 Å². The summed E-state index contributed by atoms with van der Waals surface area (Å²) >= 11 is 0.